The molecule has 0 bridgehead atoms. The highest BCUT2D eigenvalue weighted by atomic mass is 16.9. The van der Waals surface area contributed by atoms with Crippen LogP contribution in [0.1, 0.15) is 116 Å². The lowest BCUT2D eigenvalue weighted by Crippen LogP contribution is -2.40. The lowest BCUT2D eigenvalue weighted by atomic mass is 9.86. The third kappa shape index (κ3) is 18.3. The predicted octanol–water partition coefficient (Wildman–Crippen LogP) is 5.83. The van der Waals surface area contributed by atoms with Crippen molar-refractivity contribution in [2.24, 2.45) is 11.8 Å². The van der Waals surface area contributed by atoms with Gasteiger partial charge < -0.3 is 34.6 Å². The molecule has 5 atom stereocenters. The number of hydrogen-bond acceptors (Lipinski definition) is 12. The fourth-order valence-electron chi connectivity index (χ4n) is 6.23. The van der Waals surface area contributed by atoms with Crippen LogP contribution in [-0.4, -0.2) is 77.5 Å². The predicted molar refractivity (Wildman–Crippen MR) is 197 cm³/mol. The molecule has 14 nitrogen and oxygen atoms in total. The molecule has 296 valence electrons. The number of benzene rings is 1. The Morgan fingerprint density at radius 3 is 2.43 bits per heavy atom. The Hall–Kier alpha value is -4.30. The molecular formula is C39H58N2O12. The van der Waals surface area contributed by atoms with E-state index in [0.717, 1.165) is 19.3 Å². The van der Waals surface area contributed by atoms with E-state index in [0.29, 0.717) is 50.5 Å². The van der Waals surface area contributed by atoms with Gasteiger partial charge in [-0.15, -0.1) is 10.1 Å². The van der Waals surface area contributed by atoms with E-state index in [2.05, 4.69) is 17.1 Å². The number of aliphatic hydroxyl groups is 2. The standard InChI is InChI=1S/C39H58N2O12/c1-4-5-6-7-10-16-30(42)21-22-32-31(33(43)27-34(32)44)17-11-8-9-12-18-37(45)40-28(2)39(47)53-35-23-20-29(26-36(35)50-3)15-13-24-51-38(46)19-14-25-52-41(48)49/h8,11,13,15,20,23,26,28,31-34,43-44H,4-7,9-10,12,14,16-19,21-22,24-25,27H2,1-3H3,(H,40,45)/b11-8-,15-13+/t28?,31-,32-,33+,34-/m1/s1. The van der Waals surface area contributed by atoms with Crippen molar-refractivity contribution in [1.29, 1.82) is 0 Å². The number of amides is 1. The molecular weight excluding hydrogens is 688 g/mol. The van der Waals surface area contributed by atoms with Crippen molar-refractivity contribution in [3.8, 4) is 11.5 Å². The zero-order chi connectivity index (χ0) is 39.0. The number of carbonyl (C=O) groups is 4. The summed E-state index contributed by atoms with van der Waals surface area (Å²) >= 11 is 0. The largest absolute Gasteiger partial charge is 0.493 e. The normalized spacial score (nSPS) is 18.9. The number of esters is 2. The van der Waals surface area contributed by atoms with Crippen molar-refractivity contribution in [2.45, 2.75) is 128 Å². The number of aliphatic hydroxyl groups excluding tert-OH is 2. The highest BCUT2D eigenvalue weighted by Crippen LogP contribution is 2.38. The third-order valence-corrected chi connectivity index (χ3v) is 9.19. The number of nitrogens with zero attached hydrogens (tertiary/aromatic N) is 1. The smallest absolute Gasteiger partial charge is 0.333 e. The number of ketones is 1. The zero-order valence-corrected chi connectivity index (χ0v) is 31.4. The van der Waals surface area contributed by atoms with Crippen LogP contribution in [0.5, 0.6) is 11.5 Å². The van der Waals surface area contributed by atoms with Gasteiger partial charge in [0.2, 0.25) is 5.91 Å². The van der Waals surface area contributed by atoms with Gasteiger partial charge in [-0.2, -0.15) is 0 Å². The molecule has 0 aromatic heterocycles. The van der Waals surface area contributed by atoms with Gasteiger partial charge >= 0.3 is 11.9 Å². The monoisotopic (exact) mass is 746 g/mol. The molecule has 0 aliphatic heterocycles. The molecule has 1 aromatic carbocycles. The second kappa shape index (κ2) is 25.6. The Labute approximate surface area is 312 Å². The fraction of sp³-hybridized carbons (Fsp3) is 0.641. The molecule has 1 fully saturated rings. The molecule has 0 spiro atoms. The van der Waals surface area contributed by atoms with Crippen molar-refractivity contribution in [3.63, 3.8) is 0 Å². The van der Waals surface area contributed by atoms with Gasteiger partial charge in [-0.1, -0.05) is 56.9 Å². The number of rotatable bonds is 27. The number of ether oxygens (including phenoxy) is 3. The van der Waals surface area contributed by atoms with Crippen LogP contribution in [-0.2, 0) is 28.8 Å². The van der Waals surface area contributed by atoms with E-state index in [1.165, 1.54) is 26.9 Å². The first-order valence-corrected chi connectivity index (χ1v) is 18.8. The quantitative estimate of drug-likeness (QED) is 0.0243. The van der Waals surface area contributed by atoms with Gasteiger partial charge in [0.05, 0.1) is 25.9 Å². The summed E-state index contributed by atoms with van der Waals surface area (Å²) in [7, 11) is 1.42. The summed E-state index contributed by atoms with van der Waals surface area (Å²) in [5.74, 6) is -1.05. The van der Waals surface area contributed by atoms with Gasteiger partial charge in [0.25, 0.3) is 5.09 Å². The van der Waals surface area contributed by atoms with E-state index in [-0.39, 0.29) is 67.5 Å². The first-order valence-electron chi connectivity index (χ1n) is 18.8. The van der Waals surface area contributed by atoms with Crippen molar-refractivity contribution < 1.29 is 53.5 Å². The maximum Gasteiger partial charge on any atom is 0.333 e. The molecule has 1 unspecified atom stereocenters. The van der Waals surface area contributed by atoms with Crippen molar-refractivity contribution >= 4 is 29.7 Å². The summed E-state index contributed by atoms with van der Waals surface area (Å²) < 4.78 is 15.9. The molecule has 1 aliphatic rings. The number of methoxy groups -OCH3 is 1. The fourth-order valence-corrected chi connectivity index (χ4v) is 6.23. The Morgan fingerprint density at radius 1 is 0.943 bits per heavy atom. The average Bonchev–Trinajstić information content (AvgIpc) is 3.39. The summed E-state index contributed by atoms with van der Waals surface area (Å²) in [6.07, 6.45) is 15.5. The van der Waals surface area contributed by atoms with Crippen LogP contribution in [0.3, 0.4) is 0 Å². The van der Waals surface area contributed by atoms with Crippen molar-refractivity contribution in [3.05, 3.63) is 52.1 Å². The molecule has 53 heavy (non-hydrogen) atoms. The highest BCUT2D eigenvalue weighted by molar-refractivity contribution is 5.85. The molecule has 14 heteroatoms. The van der Waals surface area contributed by atoms with Gasteiger partial charge in [-0.3, -0.25) is 14.4 Å². The minimum absolute atomic E-state index is 0.0129. The second-order valence-corrected chi connectivity index (χ2v) is 13.4. The van der Waals surface area contributed by atoms with Crippen LogP contribution in [0.15, 0.2) is 36.4 Å². The van der Waals surface area contributed by atoms with Gasteiger partial charge in [0.1, 0.15) is 18.4 Å². The Balaban J connectivity index is 1.70. The molecule has 0 radical (unpaired) electrons. The van der Waals surface area contributed by atoms with E-state index in [1.54, 1.807) is 30.4 Å². The van der Waals surface area contributed by atoms with Gasteiger partial charge in [0, 0.05) is 25.7 Å². The van der Waals surface area contributed by atoms with Crippen molar-refractivity contribution in [2.75, 3.05) is 20.3 Å². The first-order chi connectivity index (χ1) is 25.4. The van der Waals surface area contributed by atoms with E-state index in [1.807, 2.05) is 12.2 Å². The molecule has 1 saturated carbocycles. The lowest BCUT2D eigenvalue weighted by Gasteiger charge is -2.22. The molecule has 0 heterocycles. The lowest BCUT2D eigenvalue weighted by molar-refractivity contribution is -0.757. The Kier molecular flexibility index (Phi) is 21.7. The summed E-state index contributed by atoms with van der Waals surface area (Å²) in [5, 5.41) is 32.9. The topological polar surface area (TPSA) is 201 Å². The van der Waals surface area contributed by atoms with Crippen molar-refractivity contribution in [1.82, 2.24) is 5.32 Å². The highest BCUT2D eigenvalue weighted by Gasteiger charge is 2.40. The molecule has 2 rings (SSSR count). The van der Waals surface area contributed by atoms with E-state index < -0.39 is 35.3 Å². The van der Waals surface area contributed by atoms with E-state index in [4.69, 9.17) is 14.2 Å². The summed E-state index contributed by atoms with van der Waals surface area (Å²) in [5.41, 5.74) is 0.680. The Bertz CT molecular complexity index is 1360. The molecule has 1 amide bonds. The molecule has 0 saturated heterocycles. The SMILES string of the molecule is CCCCCCCC(=O)CC[C@@H]1[C@@H](C/C=C\CCCC(=O)NC(C)C(=O)Oc2ccc(/C=C/COC(=O)CCCO[N+](=O)[O-])cc2OC)[C@@H](O)C[C@H]1O. The van der Waals surface area contributed by atoms with Crippen LogP contribution < -0.4 is 14.8 Å². The minimum Gasteiger partial charge on any atom is -0.493 e. The summed E-state index contributed by atoms with van der Waals surface area (Å²) in [6, 6.07) is 3.93. The van der Waals surface area contributed by atoms with Crippen LogP contribution in [0.2, 0.25) is 0 Å². The number of nitrogens with one attached hydrogen (secondary N) is 1. The van der Waals surface area contributed by atoms with E-state index >= 15 is 0 Å². The minimum atomic E-state index is -0.921. The first kappa shape index (κ1) is 44.9. The molecule has 1 aromatic rings. The number of Topliss-reactive ketones (excluding diaryl/α,β-unsaturated/α-hetero) is 1. The number of unbranched alkanes of at least 4 members (excludes halogenated alkanes) is 5. The van der Waals surface area contributed by atoms with Gasteiger partial charge in [0.15, 0.2) is 11.5 Å². The maximum atomic E-state index is 12.7. The van der Waals surface area contributed by atoms with E-state index in [9.17, 15) is 39.5 Å². The molecule has 1 aliphatic carbocycles. The van der Waals surface area contributed by atoms with Gasteiger partial charge in [-0.05, 0) is 87.5 Å². The third-order valence-electron chi connectivity index (χ3n) is 9.19. The number of hydrogen-bond donors (Lipinski definition) is 3. The zero-order valence-electron chi connectivity index (χ0n) is 31.4. The van der Waals surface area contributed by atoms with Crippen LogP contribution in [0.25, 0.3) is 6.08 Å². The summed E-state index contributed by atoms with van der Waals surface area (Å²) in [4.78, 5) is 63.6. The average molecular weight is 747 g/mol. The van der Waals surface area contributed by atoms with Crippen LogP contribution in [0.4, 0.5) is 0 Å². The number of allylic oxidation sites excluding steroid dienone is 2. The van der Waals surface area contributed by atoms with Gasteiger partial charge in [-0.25, -0.2) is 4.79 Å². The maximum absolute atomic E-state index is 12.7. The number of carbonyl (C=O) groups excluding carboxylic acids is 4. The molecule has 3 N–H and O–H groups in total. The van der Waals surface area contributed by atoms with Crippen LogP contribution >= 0.6 is 0 Å². The van der Waals surface area contributed by atoms with Crippen LogP contribution in [0, 0.1) is 22.0 Å². The second-order valence-electron chi connectivity index (χ2n) is 13.4. The Morgan fingerprint density at radius 2 is 1.70 bits per heavy atom. The summed E-state index contributed by atoms with van der Waals surface area (Å²) in [6.45, 7) is 3.49.